The van der Waals surface area contributed by atoms with Crippen molar-refractivity contribution in [3.8, 4) is 11.4 Å². The van der Waals surface area contributed by atoms with Crippen molar-refractivity contribution in [3.05, 3.63) is 59.7 Å². The highest BCUT2D eigenvalue weighted by molar-refractivity contribution is 5.85. The van der Waals surface area contributed by atoms with Crippen LogP contribution >= 0.6 is 0 Å². The molecule has 3 heterocycles. The Bertz CT molecular complexity index is 1730. The van der Waals surface area contributed by atoms with Crippen LogP contribution in [0.2, 0.25) is 0 Å². The fourth-order valence-corrected chi connectivity index (χ4v) is 5.04. The molecule has 17 nitrogen and oxygen atoms in total. The van der Waals surface area contributed by atoms with E-state index in [2.05, 4.69) is 20.6 Å². The molecule has 0 spiro atoms. The Kier molecular flexibility index (Phi) is 11.8. The summed E-state index contributed by atoms with van der Waals surface area (Å²) in [6.45, 7) is 1.29. The number of anilines is 1. The first kappa shape index (κ1) is 38.8. The number of nitrogens with zero attached hydrogens (tertiary/aromatic N) is 4. The number of carbonyl (C=O) groups excluding carboxylic acids is 2. The zero-order valence-corrected chi connectivity index (χ0v) is 26.4. The zero-order chi connectivity index (χ0) is 37.8. The lowest BCUT2D eigenvalue weighted by atomic mass is 9.88. The van der Waals surface area contributed by atoms with Crippen molar-refractivity contribution in [2.24, 2.45) is 0 Å². The maximum absolute atomic E-state index is 14.3. The minimum atomic E-state index is -4.80. The van der Waals surface area contributed by atoms with Crippen LogP contribution in [0.25, 0.3) is 5.69 Å². The van der Waals surface area contributed by atoms with Crippen LogP contribution in [0.1, 0.15) is 49.6 Å². The second-order valence-electron chi connectivity index (χ2n) is 11.2. The molecular formula is C29H31F5N6O11. The SMILES string of the molecule is CC(=O)N[C@H]1[C@H]([C@H](O)[C@H](O)CO)O[C@@](Oc2ccc(-n3cc(C(C)OC(=O)Nc4cnccc4C(F)(F)F)nn3)cc2C(F)F)(C(=O)O)C[C@@H]1O. The molecule has 22 heteroatoms. The summed E-state index contributed by atoms with van der Waals surface area (Å²) >= 11 is 0. The van der Waals surface area contributed by atoms with Crippen LogP contribution in [0.5, 0.6) is 5.75 Å². The van der Waals surface area contributed by atoms with Crippen molar-refractivity contribution in [2.45, 2.75) is 75.2 Å². The monoisotopic (exact) mass is 734 g/mol. The highest BCUT2D eigenvalue weighted by Gasteiger charge is 2.57. The first-order valence-corrected chi connectivity index (χ1v) is 14.7. The quantitative estimate of drug-likeness (QED) is 0.130. The number of hydrogen-bond acceptors (Lipinski definition) is 13. The number of hydrogen-bond donors (Lipinski definition) is 7. The Morgan fingerprint density at radius 1 is 1.20 bits per heavy atom. The summed E-state index contributed by atoms with van der Waals surface area (Å²) in [7, 11) is 0. The molecule has 1 unspecified atom stereocenters. The van der Waals surface area contributed by atoms with E-state index in [1.165, 1.54) is 6.92 Å². The number of aromatic nitrogens is 4. The number of carboxylic acid groups (broad SMARTS) is 1. The summed E-state index contributed by atoms with van der Waals surface area (Å²) in [6.07, 6.45) is -16.6. The first-order chi connectivity index (χ1) is 23.9. The van der Waals surface area contributed by atoms with Crippen molar-refractivity contribution in [3.63, 3.8) is 0 Å². The summed E-state index contributed by atoms with van der Waals surface area (Å²) in [5.74, 6) is -6.42. The van der Waals surface area contributed by atoms with Gasteiger partial charge in [-0.25, -0.2) is 23.1 Å². The number of rotatable bonds is 12. The number of benzene rings is 1. The van der Waals surface area contributed by atoms with Gasteiger partial charge in [-0.2, -0.15) is 13.2 Å². The summed E-state index contributed by atoms with van der Waals surface area (Å²) in [6, 6.07) is 1.99. The molecule has 1 saturated heterocycles. The number of alkyl halides is 5. The average Bonchev–Trinajstić information content (AvgIpc) is 3.55. The number of ether oxygens (including phenoxy) is 3. The highest BCUT2D eigenvalue weighted by Crippen LogP contribution is 2.39. The third-order valence-corrected chi connectivity index (χ3v) is 7.53. The number of carboxylic acids is 1. The largest absolute Gasteiger partial charge is 0.476 e. The van der Waals surface area contributed by atoms with Crippen molar-refractivity contribution >= 4 is 23.7 Å². The van der Waals surface area contributed by atoms with E-state index in [0.717, 1.165) is 48.4 Å². The van der Waals surface area contributed by atoms with E-state index in [1.807, 2.05) is 5.32 Å². The molecule has 51 heavy (non-hydrogen) atoms. The third-order valence-electron chi connectivity index (χ3n) is 7.53. The number of nitrogens with one attached hydrogen (secondary N) is 2. The first-order valence-electron chi connectivity index (χ1n) is 14.7. The molecule has 0 bridgehead atoms. The van der Waals surface area contributed by atoms with Gasteiger partial charge in [0.05, 0.1) is 60.1 Å². The van der Waals surface area contributed by atoms with Crippen LogP contribution in [-0.4, -0.2) is 106 Å². The Hall–Kier alpha value is -5.03. The molecule has 7 N–H and O–H groups in total. The van der Waals surface area contributed by atoms with Gasteiger partial charge in [0.15, 0.2) is 0 Å². The minimum Gasteiger partial charge on any atom is -0.476 e. The number of aliphatic carboxylic acids is 1. The molecule has 2 aromatic heterocycles. The Labute approximate surface area is 283 Å². The van der Waals surface area contributed by atoms with Crippen molar-refractivity contribution in [1.82, 2.24) is 25.3 Å². The normalized spacial score (nSPS) is 22.5. The van der Waals surface area contributed by atoms with Gasteiger partial charge in [-0.05, 0) is 31.2 Å². The molecule has 0 aliphatic carbocycles. The van der Waals surface area contributed by atoms with Gasteiger partial charge in [0.25, 0.3) is 6.43 Å². The van der Waals surface area contributed by atoms with E-state index in [1.54, 1.807) is 0 Å². The molecular weight excluding hydrogens is 703 g/mol. The second kappa shape index (κ2) is 15.5. The number of aliphatic hydroxyl groups excluding tert-OH is 4. The average molecular weight is 735 g/mol. The minimum absolute atomic E-state index is 0.0656. The number of amides is 2. The lowest BCUT2D eigenvalue weighted by Crippen LogP contribution is -2.68. The lowest BCUT2D eigenvalue weighted by molar-refractivity contribution is -0.284. The Morgan fingerprint density at radius 3 is 2.51 bits per heavy atom. The Morgan fingerprint density at radius 2 is 1.90 bits per heavy atom. The zero-order valence-electron chi connectivity index (χ0n) is 26.4. The van der Waals surface area contributed by atoms with E-state index >= 15 is 0 Å². The van der Waals surface area contributed by atoms with Gasteiger partial charge in [0.1, 0.15) is 35.9 Å². The van der Waals surface area contributed by atoms with Gasteiger partial charge in [0, 0.05) is 13.1 Å². The predicted octanol–water partition coefficient (Wildman–Crippen LogP) is 1.46. The van der Waals surface area contributed by atoms with Gasteiger partial charge < -0.3 is 45.1 Å². The smallest absolute Gasteiger partial charge is 0.418 e. The molecule has 1 aliphatic rings. The standard InChI is InChI=1S/C29H31F5N6O11/c1-12(49-27(48)37-17-9-35-6-5-16(17)29(32,33)34)18-10-40(39-38-18)14-3-4-21(15(7-14)25(30)31)50-28(26(46)47)8-19(43)22(36-13(2)42)24(51-28)23(45)20(44)11-41/h3-7,9-10,12,19-20,22-25,41,43-45H,8,11H2,1-2H3,(H,36,42)(H,37,48)(H,46,47)/t12?,19-,20+,22+,23+,24+,28+/m0/s1. The van der Waals surface area contributed by atoms with E-state index < -0.39 is 109 Å². The van der Waals surface area contributed by atoms with Crippen LogP contribution in [-0.2, 0) is 25.2 Å². The molecule has 278 valence electrons. The summed E-state index contributed by atoms with van der Waals surface area (Å²) < 4.78 is 85.4. The van der Waals surface area contributed by atoms with E-state index in [0.29, 0.717) is 6.07 Å². The number of carbonyl (C=O) groups is 3. The summed E-state index contributed by atoms with van der Waals surface area (Å²) in [5, 5.41) is 62.5. The fourth-order valence-electron chi connectivity index (χ4n) is 5.04. The van der Waals surface area contributed by atoms with Crippen molar-refractivity contribution in [2.75, 3.05) is 11.9 Å². The van der Waals surface area contributed by atoms with Gasteiger partial charge in [0.2, 0.25) is 5.91 Å². The molecule has 0 radical (unpaired) electrons. The van der Waals surface area contributed by atoms with Crippen molar-refractivity contribution < 1.29 is 76.1 Å². The molecule has 0 saturated carbocycles. The third kappa shape index (κ3) is 8.83. The molecule has 2 amide bonds. The van der Waals surface area contributed by atoms with Crippen LogP contribution in [0.3, 0.4) is 0 Å². The molecule has 1 aliphatic heterocycles. The van der Waals surface area contributed by atoms with E-state index in [4.69, 9.17) is 14.2 Å². The van der Waals surface area contributed by atoms with E-state index in [-0.39, 0.29) is 11.4 Å². The molecule has 1 fully saturated rings. The van der Waals surface area contributed by atoms with Crippen LogP contribution in [0.4, 0.5) is 32.4 Å². The van der Waals surface area contributed by atoms with Crippen molar-refractivity contribution in [1.29, 1.82) is 0 Å². The van der Waals surface area contributed by atoms with Gasteiger partial charge >= 0.3 is 24.0 Å². The van der Waals surface area contributed by atoms with Gasteiger partial charge in [-0.1, -0.05) is 5.21 Å². The molecule has 7 atom stereocenters. The number of pyridine rings is 1. The van der Waals surface area contributed by atoms with Crippen LogP contribution in [0.15, 0.2) is 42.9 Å². The van der Waals surface area contributed by atoms with Crippen LogP contribution < -0.4 is 15.4 Å². The topological polar surface area (TPSA) is 248 Å². The maximum atomic E-state index is 14.3. The number of aliphatic hydroxyl groups is 4. The fraction of sp³-hybridized carbons (Fsp3) is 0.448. The predicted molar refractivity (Wildman–Crippen MR) is 157 cm³/mol. The molecule has 1 aromatic carbocycles. The van der Waals surface area contributed by atoms with E-state index in [9.17, 15) is 61.9 Å². The van der Waals surface area contributed by atoms with Gasteiger partial charge in [-0.3, -0.25) is 15.1 Å². The lowest BCUT2D eigenvalue weighted by Gasteiger charge is -2.46. The number of halogens is 5. The molecule has 4 rings (SSSR count). The second-order valence-corrected chi connectivity index (χ2v) is 11.2. The summed E-state index contributed by atoms with van der Waals surface area (Å²) in [5.41, 5.74) is -2.93. The molecule has 3 aromatic rings. The summed E-state index contributed by atoms with van der Waals surface area (Å²) in [4.78, 5) is 40.1. The van der Waals surface area contributed by atoms with Crippen LogP contribution in [0, 0.1) is 0 Å². The Balaban J connectivity index is 1.57. The highest BCUT2D eigenvalue weighted by atomic mass is 19.4. The van der Waals surface area contributed by atoms with Gasteiger partial charge in [-0.15, -0.1) is 5.10 Å². The maximum Gasteiger partial charge on any atom is 0.418 e.